The molecule has 3 aliphatic rings. The summed E-state index contributed by atoms with van der Waals surface area (Å²) in [6.45, 7) is 6.94. The molecular weight excluding hydrogens is 823 g/mol. The van der Waals surface area contributed by atoms with Crippen LogP contribution in [0.3, 0.4) is 0 Å². The minimum Gasteiger partial charge on any atom is -0.445 e. The molecule has 4 aromatic rings. The maximum absolute atomic E-state index is 14.2. The first-order chi connectivity index (χ1) is 29.4. The number of amides is 6. The second-order valence-corrected chi connectivity index (χ2v) is 17.7. The zero-order valence-electron chi connectivity index (χ0n) is 34.4. The van der Waals surface area contributed by atoms with Crippen molar-refractivity contribution in [1.29, 1.82) is 0 Å². The molecule has 5 atom stereocenters. The third kappa shape index (κ3) is 10.6. The Balaban J connectivity index is 1.10. The quantitative estimate of drug-likeness (QED) is 0.162. The molecule has 0 aliphatic carbocycles. The predicted octanol–water partition coefficient (Wildman–Crippen LogP) is 5.14. The molecule has 6 amide bonds. The van der Waals surface area contributed by atoms with Crippen LogP contribution in [0.4, 0.5) is 4.79 Å². The van der Waals surface area contributed by atoms with Crippen LogP contribution in [0.25, 0.3) is 11.6 Å². The van der Waals surface area contributed by atoms with Crippen molar-refractivity contribution in [3.63, 3.8) is 0 Å². The summed E-state index contributed by atoms with van der Waals surface area (Å²) in [5.74, 6) is -1.92. The minimum absolute atomic E-state index is 0.0179. The van der Waals surface area contributed by atoms with E-state index >= 15 is 0 Å². The minimum atomic E-state index is -0.999. The summed E-state index contributed by atoms with van der Waals surface area (Å²) in [5.41, 5.74) is 1.41. The van der Waals surface area contributed by atoms with Gasteiger partial charge in [-0.25, -0.2) is 19.7 Å². The number of benzene rings is 1. The maximum atomic E-state index is 14.2. The van der Waals surface area contributed by atoms with Crippen molar-refractivity contribution in [1.82, 2.24) is 46.0 Å². The Kier molecular flexibility index (Phi) is 14.1. The van der Waals surface area contributed by atoms with Crippen LogP contribution in [0.1, 0.15) is 121 Å². The lowest BCUT2D eigenvalue weighted by molar-refractivity contribution is -0.134. The lowest BCUT2D eigenvalue weighted by Gasteiger charge is -2.29. The third-order valence-corrected chi connectivity index (χ3v) is 12.9. The summed E-state index contributed by atoms with van der Waals surface area (Å²) in [6, 6.07) is 5.70. The molecule has 0 spiro atoms. The average molecular weight is 874 g/mol. The maximum Gasteiger partial charge on any atom is 0.407 e. The Labute approximate surface area is 361 Å². The highest BCUT2D eigenvalue weighted by atomic mass is 32.1. The van der Waals surface area contributed by atoms with Crippen LogP contribution in [0.15, 0.2) is 51.8 Å². The monoisotopic (exact) mass is 873 g/mol. The van der Waals surface area contributed by atoms with E-state index in [-0.39, 0.29) is 54.7 Å². The highest BCUT2D eigenvalue weighted by Gasteiger charge is 2.39. The molecule has 0 unspecified atom stereocenters. The smallest absolute Gasteiger partial charge is 0.407 e. The van der Waals surface area contributed by atoms with Crippen molar-refractivity contribution in [3.05, 3.63) is 74.3 Å². The van der Waals surface area contributed by atoms with E-state index in [1.165, 1.54) is 33.8 Å². The molecule has 324 valence electrons. The van der Waals surface area contributed by atoms with Crippen molar-refractivity contribution in [2.45, 2.75) is 109 Å². The van der Waals surface area contributed by atoms with E-state index in [1.807, 2.05) is 44.2 Å². The molecule has 0 radical (unpaired) electrons. The Morgan fingerprint density at radius 3 is 2.36 bits per heavy atom. The number of fused-ring (bicyclic) bond motifs is 10. The highest BCUT2D eigenvalue weighted by Crippen LogP contribution is 2.36. The van der Waals surface area contributed by atoms with Crippen LogP contribution in [0.2, 0.25) is 0 Å². The predicted molar refractivity (Wildman–Crippen MR) is 225 cm³/mol. The fraction of sp³-hybridized carbons (Fsp3) is 0.500. The molecule has 6 bridgehead atoms. The van der Waals surface area contributed by atoms with Crippen LogP contribution in [0.5, 0.6) is 0 Å². The number of ether oxygens (including phenoxy) is 1. The molecule has 2 fully saturated rings. The molecule has 19 heteroatoms. The van der Waals surface area contributed by atoms with Crippen LogP contribution >= 0.6 is 22.7 Å². The number of hydrogen-bond donors (Lipinski definition) is 4. The Morgan fingerprint density at radius 2 is 1.57 bits per heavy atom. The molecule has 0 saturated carbocycles. The number of aromatic nitrogens is 3. The molecule has 1 aromatic carbocycles. The third-order valence-electron chi connectivity index (χ3n) is 10.9. The standard InChI is InChI=1S/C42H51N9O8S2/c1-24(2)19-28-40(55)51-18-10-15-33(51)39-49-31(23-61-39)37-47-29(21-58-37)41(56)50-17-9-14-32(50)36(54)45-27(34(52)44-25(3)38-48-30(22-60-38)35(53)46-28)13-7-8-16-43-42(57)59-20-26-11-5-4-6-12-26/h4-6,11-12,21-25,27-28,32-33H,7-10,13-20H2,1-3H3,(H,43,57)(H,44,52)(H,45,54)(H,46,53)/t25-,27-,28+,32-,33-/m0/s1. The van der Waals surface area contributed by atoms with E-state index in [1.54, 1.807) is 22.6 Å². The van der Waals surface area contributed by atoms with Crippen LogP contribution in [-0.4, -0.2) is 98.1 Å². The molecule has 4 N–H and O–H groups in total. The molecule has 3 aromatic heterocycles. The van der Waals surface area contributed by atoms with Gasteiger partial charge in [-0.1, -0.05) is 44.2 Å². The SMILES string of the molecule is CC(C)C[C@H]1NC(=O)c2csc(n2)[C@H](C)NC(=O)[C@H](CCCCNC(=O)OCc2ccccc2)NC(=O)[C@@H]2CCCN2C(=O)c2coc(n2)-c2csc(n2)[C@@H]2CCCN2C1=O. The molecule has 7 rings (SSSR count). The molecule has 6 heterocycles. The zero-order valence-corrected chi connectivity index (χ0v) is 36.0. The molecule has 3 aliphatic heterocycles. The van der Waals surface area contributed by atoms with Gasteiger partial charge in [-0.05, 0) is 69.8 Å². The Bertz CT molecular complexity index is 2210. The zero-order chi connectivity index (χ0) is 43.0. The van der Waals surface area contributed by atoms with Gasteiger partial charge in [-0.15, -0.1) is 22.7 Å². The molecule has 61 heavy (non-hydrogen) atoms. The van der Waals surface area contributed by atoms with Gasteiger partial charge in [0.25, 0.3) is 11.8 Å². The Hall–Kier alpha value is -5.69. The second kappa shape index (κ2) is 19.8. The number of nitrogens with zero attached hydrogens (tertiary/aromatic N) is 5. The number of carbonyl (C=O) groups is 6. The van der Waals surface area contributed by atoms with Crippen molar-refractivity contribution in [3.8, 4) is 11.6 Å². The number of carbonyl (C=O) groups excluding carboxylic acids is 6. The van der Waals surface area contributed by atoms with Gasteiger partial charge < -0.3 is 40.2 Å². The fourth-order valence-corrected chi connectivity index (χ4v) is 9.56. The topological polar surface area (TPSA) is 218 Å². The van der Waals surface area contributed by atoms with Gasteiger partial charge in [0.15, 0.2) is 5.69 Å². The van der Waals surface area contributed by atoms with Gasteiger partial charge in [0, 0.05) is 30.4 Å². The lowest BCUT2D eigenvalue weighted by Crippen LogP contribution is -2.53. The van der Waals surface area contributed by atoms with Crippen LogP contribution in [0, 0.1) is 5.92 Å². The summed E-state index contributed by atoms with van der Waals surface area (Å²) < 4.78 is 11.0. The number of alkyl carbamates (subject to hydrolysis) is 1. The van der Waals surface area contributed by atoms with Gasteiger partial charge in [-0.3, -0.25) is 24.0 Å². The van der Waals surface area contributed by atoms with E-state index < -0.39 is 53.9 Å². The first-order valence-electron chi connectivity index (χ1n) is 20.8. The van der Waals surface area contributed by atoms with E-state index in [0.717, 1.165) is 12.0 Å². The lowest BCUT2D eigenvalue weighted by atomic mass is 10.0. The van der Waals surface area contributed by atoms with Gasteiger partial charge in [0.1, 0.15) is 52.4 Å². The molecule has 17 nitrogen and oxygen atoms in total. The first-order valence-corrected chi connectivity index (χ1v) is 22.6. The number of hydrogen-bond acceptors (Lipinski definition) is 13. The second-order valence-electron chi connectivity index (χ2n) is 16.0. The van der Waals surface area contributed by atoms with E-state index in [0.29, 0.717) is 67.3 Å². The summed E-state index contributed by atoms with van der Waals surface area (Å²) in [4.78, 5) is 98.9. The average Bonchev–Trinajstić information content (AvgIpc) is 4.10. The van der Waals surface area contributed by atoms with Gasteiger partial charge in [0.2, 0.25) is 23.6 Å². The summed E-state index contributed by atoms with van der Waals surface area (Å²) >= 11 is 2.56. The highest BCUT2D eigenvalue weighted by molar-refractivity contribution is 7.10. The van der Waals surface area contributed by atoms with Gasteiger partial charge in [-0.2, -0.15) is 0 Å². The first kappa shape index (κ1) is 43.4. The van der Waals surface area contributed by atoms with Crippen LogP contribution < -0.4 is 21.3 Å². The van der Waals surface area contributed by atoms with E-state index in [4.69, 9.17) is 14.1 Å². The number of rotatable bonds is 9. The van der Waals surface area contributed by atoms with Crippen molar-refractivity contribution < 1.29 is 37.9 Å². The van der Waals surface area contributed by atoms with Crippen molar-refractivity contribution in [2.75, 3.05) is 19.6 Å². The van der Waals surface area contributed by atoms with Gasteiger partial charge >= 0.3 is 6.09 Å². The summed E-state index contributed by atoms with van der Waals surface area (Å²) in [6.07, 6.45) is 4.67. The molecule has 2 saturated heterocycles. The van der Waals surface area contributed by atoms with Crippen LogP contribution in [-0.2, 0) is 25.7 Å². The largest absolute Gasteiger partial charge is 0.445 e. The Morgan fingerprint density at radius 1 is 0.852 bits per heavy atom. The van der Waals surface area contributed by atoms with Crippen molar-refractivity contribution >= 4 is 58.3 Å². The van der Waals surface area contributed by atoms with E-state index in [2.05, 4.69) is 31.2 Å². The fourth-order valence-electron chi connectivity index (χ4n) is 7.81. The number of nitrogens with one attached hydrogen (secondary N) is 4. The normalized spacial score (nSPS) is 22.6. The summed E-state index contributed by atoms with van der Waals surface area (Å²) in [7, 11) is 0. The van der Waals surface area contributed by atoms with Gasteiger partial charge in [0.05, 0.1) is 12.1 Å². The number of thiazole rings is 2. The van der Waals surface area contributed by atoms with E-state index in [9.17, 15) is 28.8 Å². The number of oxazole rings is 1. The number of unbranched alkanes of at least 4 members (excludes halogenated alkanes) is 1. The van der Waals surface area contributed by atoms with Crippen molar-refractivity contribution in [2.24, 2.45) is 5.92 Å². The summed E-state index contributed by atoms with van der Waals surface area (Å²) in [5, 5.41) is 16.0. The molecular formula is C42H51N9O8S2.